The number of aryl methyl sites for hydroxylation is 1. The Morgan fingerprint density at radius 1 is 0.917 bits per heavy atom. The predicted molar refractivity (Wildman–Crippen MR) is 105 cm³/mol. The Bertz CT molecular complexity index is 679. The van der Waals surface area contributed by atoms with E-state index in [2.05, 4.69) is 15.2 Å². The van der Waals surface area contributed by atoms with Crippen LogP contribution < -0.4 is 20.0 Å². The number of aromatic nitrogens is 4. The zero-order valence-electron chi connectivity index (χ0n) is 14.8. The van der Waals surface area contributed by atoms with Crippen molar-refractivity contribution in [1.29, 1.82) is 0 Å². The number of anilines is 3. The first-order valence-corrected chi connectivity index (χ1v) is 7.54. The van der Waals surface area contributed by atoms with Gasteiger partial charge in [-0.1, -0.05) is 0 Å². The van der Waals surface area contributed by atoms with Gasteiger partial charge in [-0.05, 0) is 0 Å². The van der Waals surface area contributed by atoms with E-state index in [-0.39, 0.29) is 24.8 Å². The van der Waals surface area contributed by atoms with Crippen molar-refractivity contribution < 1.29 is 0 Å². The molecule has 8 nitrogen and oxygen atoms in total. The van der Waals surface area contributed by atoms with Crippen molar-refractivity contribution in [2.45, 2.75) is 0 Å². The molecule has 1 N–H and O–H groups in total. The molecule has 0 amide bonds. The number of fused-ring (bicyclic) bond motifs is 1. The number of hydrogen-bond donors (Lipinski definition) is 1. The molecule has 136 valence electrons. The van der Waals surface area contributed by atoms with Crippen LogP contribution in [0, 0.1) is 0 Å². The Labute approximate surface area is 155 Å². The molecule has 0 spiro atoms. The zero-order chi connectivity index (χ0) is 15.9. The smallest absolute Gasteiger partial charge is 0.228 e. The lowest BCUT2D eigenvalue weighted by molar-refractivity contribution is 0.585. The zero-order valence-corrected chi connectivity index (χ0v) is 16.4. The molecule has 10 heteroatoms. The molecule has 2 aromatic heterocycles. The van der Waals surface area contributed by atoms with Crippen molar-refractivity contribution in [3.8, 4) is 0 Å². The summed E-state index contributed by atoms with van der Waals surface area (Å²) in [7, 11) is 9.91. The minimum atomic E-state index is 0. The van der Waals surface area contributed by atoms with E-state index in [9.17, 15) is 0 Å². The van der Waals surface area contributed by atoms with Gasteiger partial charge in [-0.3, -0.25) is 4.57 Å². The van der Waals surface area contributed by atoms with E-state index in [1.807, 2.05) is 49.6 Å². The number of halogens is 2. The molecule has 1 aliphatic rings. The number of piperazine rings is 1. The minimum absolute atomic E-state index is 0. The molecular formula is C14H26Cl2N8. The maximum atomic E-state index is 4.77. The van der Waals surface area contributed by atoms with Gasteiger partial charge >= 0.3 is 0 Å². The molecule has 24 heavy (non-hydrogen) atoms. The van der Waals surface area contributed by atoms with E-state index in [1.165, 1.54) is 0 Å². The van der Waals surface area contributed by atoms with E-state index in [0.717, 1.165) is 49.1 Å². The van der Waals surface area contributed by atoms with Gasteiger partial charge in [0.25, 0.3) is 0 Å². The van der Waals surface area contributed by atoms with Crippen molar-refractivity contribution in [1.82, 2.24) is 24.8 Å². The summed E-state index contributed by atoms with van der Waals surface area (Å²) in [6, 6.07) is 0. The standard InChI is InChI=1S/C14H24N8.2ClH/c1-19(2)13-17-11-10(16-14(20(3)4)21(11)5)12(18-13)22-8-6-15-7-9-22;;/h15H,6-9H2,1-5H3;2*1H. The van der Waals surface area contributed by atoms with Gasteiger partial charge in [0, 0.05) is 61.4 Å². The van der Waals surface area contributed by atoms with Crippen LogP contribution in [-0.4, -0.2) is 73.9 Å². The van der Waals surface area contributed by atoms with Crippen molar-refractivity contribution in [3.05, 3.63) is 0 Å². The van der Waals surface area contributed by atoms with Gasteiger partial charge in [0.15, 0.2) is 17.0 Å². The SMILES string of the molecule is CN(C)c1nc(N2CCNCC2)c2nc(N(C)C)n(C)c2n1.Cl.Cl. The summed E-state index contributed by atoms with van der Waals surface area (Å²) in [5.41, 5.74) is 1.75. The molecule has 0 unspecified atom stereocenters. The normalized spacial score (nSPS) is 14.1. The van der Waals surface area contributed by atoms with Gasteiger partial charge in [-0.2, -0.15) is 9.97 Å². The first-order chi connectivity index (χ1) is 10.5. The Hall–Kier alpha value is -1.51. The molecule has 1 saturated heterocycles. The monoisotopic (exact) mass is 376 g/mol. The third kappa shape index (κ3) is 3.60. The summed E-state index contributed by atoms with van der Waals surface area (Å²) in [4.78, 5) is 20.4. The predicted octanol–water partition coefficient (Wildman–Crippen LogP) is 0.748. The van der Waals surface area contributed by atoms with Crippen LogP contribution in [0.2, 0.25) is 0 Å². The molecule has 3 rings (SSSR count). The van der Waals surface area contributed by atoms with Crippen LogP contribution in [0.1, 0.15) is 0 Å². The molecule has 0 atom stereocenters. The van der Waals surface area contributed by atoms with E-state index in [0.29, 0.717) is 5.95 Å². The Balaban J connectivity index is 0.00000144. The second kappa shape index (κ2) is 8.04. The van der Waals surface area contributed by atoms with Crippen LogP contribution in [0.4, 0.5) is 17.7 Å². The van der Waals surface area contributed by atoms with Crippen LogP contribution in [0.5, 0.6) is 0 Å². The summed E-state index contributed by atoms with van der Waals surface area (Å²) >= 11 is 0. The third-order valence-corrected chi connectivity index (χ3v) is 3.88. The fraction of sp³-hybridized carbons (Fsp3) is 0.643. The molecule has 0 bridgehead atoms. The third-order valence-electron chi connectivity index (χ3n) is 3.88. The van der Waals surface area contributed by atoms with Crippen molar-refractivity contribution in [3.63, 3.8) is 0 Å². The van der Waals surface area contributed by atoms with Crippen LogP contribution in [-0.2, 0) is 7.05 Å². The summed E-state index contributed by atoms with van der Waals surface area (Å²) in [6.07, 6.45) is 0. The fourth-order valence-electron chi connectivity index (χ4n) is 2.72. The number of rotatable bonds is 3. The average Bonchev–Trinajstić information content (AvgIpc) is 2.85. The lowest BCUT2D eigenvalue weighted by Gasteiger charge is -2.29. The van der Waals surface area contributed by atoms with Crippen LogP contribution >= 0.6 is 24.8 Å². The molecule has 0 radical (unpaired) electrons. The van der Waals surface area contributed by atoms with E-state index < -0.39 is 0 Å². The van der Waals surface area contributed by atoms with Crippen molar-refractivity contribution >= 4 is 53.7 Å². The van der Waals surface area contributed by atoms with E-state index in [1.54, 1.807) is 0 Å². The van der Waals surface area contributed by atoms with Gasteiger partial charge in [-0.25, -0.2) is 4.98 Å². The fourth-order valence-corrected chi connectivity index (χ4v) is 2.72. The van der Waals surface area contributed by atoms with Gasteiger partial charge in [0.05, 0.1) is 0 Å². The quantitative estimate of drug-likeness (QED) is 0.847. The Morgan fingerprint density at radius 2 is 1.54 bits per heavy atom. The molecule has 0 saturated carbocycles. The molecule has 0 aromatic carbocycles. The Morgan fingerprint density at radius 3 is 2.08 bits per heavy atom. The van der Waals surface area contributed by atoms with Gasteiger partial charge in [0.1, 0.15) is 0 Å². The van der Waals surface area contributed by atoms with Crippen molar-refractivity contribution in [2.24, 2.45) is 7.05 Å². The maximum absolute atomic E-state index is 4.77. The Kier molecular flexibility index (Phi) is 6.88. The molecule has 1 aliphatic heterocycles. The molecule has 2 aromatic rings. The average molecular weight is 377 g/mol. The summed E-state index contributed by atoms with van der Waals surface area (Å²) in [5, 5.41) is 3.38. The molecule has 3 heterocycles. The summed E-state index contributed by atoms with van der Waals surface area (Å²) in [6.45, 7) is 3.81. The number of imidazole rings is 1. The molecular weight excluding hydrogens is 351 g/mol. The van der Waals surface area contributed by atoms with Gasteiger partial charge in [0.2, 0.25) is 11.9 Å². The molecule has 0 aliphatic carbocycles. The highest BCUT2D eigenvalue weighted by Gasteiger charge is 2.22. The lowest BCUT2D eigenvalue weighted by Crippen LogP contribution is -2.44. The van der Waals surface area contributed by atoms with E-state index in [4.69, 9.17) is 9.97 Å². The highest BCUT2D eigenvalue weighted by molar-refractivity contribution is 5.87. The number of hydrogen-bond acceptors (Lipinski definition) is 7. The summed E-state index contributed by atoms with van der Waals surface area (Å²) in [5.74, 6) is 2.53. The topological polar surface area (TPSA) is 65.4 Å². The highest BCUT2D eigenvalue weighted by Crippen LogP contribution is 2.28. The highest BCUT2D eigenvalue weighted by atomic mass is 35.5. The van der Waals surface area contributed by atoms with Crippen molar-refractivity contribution in [2.75, 3.05) is 69.1 Å². The van der Waals surface area contributed by atoms with E-state index >= 15 is 0 Å². The van der Waals surface area contributed by atoms with Crippen LogP contribution in [0.3, 0.4) is 0 Å². The first kappa shape index (κ1) is 20.5. The maximum Gasteiger partial charge on any atom is 0.228 e. The van der Waals surface area contributed by atoms with Gasteiger partial charge in [-0.15, -0.1) is 24.8 Å². The number of nitrogens with one attached hydrogen (secondary N) is 1. The lowest BCUT2D eigenvalue weighted by atomic mass is 10.3. The second-order valence-electron chi connectivity index (χ2n) is 6.02. The second-order valence-corrected chi connectivity index (χ2v) is 6.02. The van der Waals surface area contributed by atoms with Crippen LogP contribution in [0.25, 0.3) is 11.2 Å². The minimum Gasteiger partial charge on any atom is -0.352 e. The number of nitrogens with zero attached hydrogens (tertiary/aromatic N) is 7. The first-order valence-electron chi connectivity index (χ1n) is 7.54. The van der Waals surface area contributed by atoms with Crippen LogP contribution in [0.15, 0.2) is 0 Å². The molecule has 1 fully saturated rings. The summed E-state index contributed by atoms with van der Waals surface area (Å²) < 4.78 is 2.02. The largest absolute Gasteiger partial charge is 0.352 e. The van der Waals surface area contributed by atoms with Gasteiger partial charge < -0.3 is 20.0 Å².